The summed E-state index contributed by atoms with van der Waals surface area (Å²) >= 11 is 6.22. The second-order valence-corrected chi connectivity index (χ2v) is 4.86. The van der Waals surface area contributed by atoms with Crippen molar-refractivity contribution in [2.24, 2.45) is 10.9 Å². The van der Waals surface area contributed by atoms with Crippen LogP contribution in [0.2, 0.25) is 5.02 Å². The standard InChI is InChI=1S/C13H20ClN3O/c1-4-17(9(2)3)8-11-6-5-10(7-12(11)14)13(15)16-18/h5-7,9,18H,4,8H2,1-3H3,(H2,15,16). The molecule has 1 aromatic rings. The smallest absolute Gasteiger partial charge is 0.170 e. The number of hydrogen-bond donors (Lipinski definition) is 2. The normalized spacial score (nSPS) is 12.4. The van der Waals surface area contributed by atoms with E-state index in [1.54, 1.807) is 6.07 Å². The predicted molar refractivity (Wildman–Crippen MR) is 75.2 cm³/mol. The molecule has 0 aliphatic carbocycles. The maximum absolute atomic E-state index is 8.62. The van der Waals surface area contributed by atoms with Crippen molar-refractivity contribution in [3.05, 3.63) is 34.3 Å². The molecule has 100 valence electrons. The van der Waals surface area contributed by atoms with Crippen molar-refractivity contribution in [3.8, 4) is 0 Å². The van der Waals surface area contributed by atoms with Crippen LogP contribution in [0.25, 0.3) is 0 Å². The Bertz CT molecular complexity index is 432. The SMILES string of the molecule is CCN(Cc1ccc(/C(N)=N/O)cc1Cl)C(C)C. The van der Waals surface area contributed by atoms with Crippen molar-refractivity contribution in [2.75, 3.05) is 6.54 Å². The average molecular weight is 270 g/mol. The molecule has 0 aromatic heterocycles. The Morgan fingerprint density at radius 1 is 1.50 bits per heavy atom. The molecule has 0 atom stereocenters. The first-order valence-electron chi connectivity index (χ1n) is 6.00. The highest BCUT2D eigenvalue weighted by Gasteiger charge is 2.11. The van der Waals surface area contributed by atoms with Gasteiger partial charge in [0.25, 0.3) is 0 Å². The van der Waals surface area contributed by atoms with Gasteiger partial charge in [0.05, 0.1) is 0 Å². The molecule has 0 heterocycles. The first-order valence-corrected chi connectivity index (χ1v) is 6.37. The van der Waals surface area contributed by atoms with Gasteiger partial charge >= 0.3 is 0 Å². The van der Waals surface area contributed by atoms with Gasteiger partial charge in [-0.15, -0.1) is 0 Å². The van der Waals surface area contributed by atoms with E-state index in [4.69, 9.17) is 22.5 Å². The lowest BCUT2D eigenvalue weighted by atomic mass is 10.1. The van der Waals surface area contributed by atoms with Gasteiger partial charge in [0.1, 0.15) is 0 Å². The molecule has 0 aliphatic heterocycles. The summed E-state index contributed by atoms with van der Waals surface area (Å²) in [5, 5.41) is 12.2. The van der Waals surface area contributed by atoms with E-state index in [9.17, 15) is 0 Å². The Kier molecular flexibility index (Phi) is 5.44. The monoisotopic (exact) mass is 269 g/mol. The molecule has 18 heavy (non-hydrogen) atoms. The zero-order valence-electron chi connectivity index (χ0n) is 11.0. The quantitative estimate of drug-likeness (QED) is 0.374. The van der Waals surface area contributed by atoms with Crippen LogP contribution in [-0.4, -0.2) is 28.5 Å². The van der Waals surface area contributed by atoms with Gasteiger partial charge in [0.15, 0.2) is 5.84 Å². The molecule has 0 radical (unpaired) electrons. The van der Waals surface area contributed by atoms with Gasteiger partial charge in [0.2, 0.25) is 0 Å². The van der Waals surface area contributed by atoms with E-state index in [2.05, 4.69) is 30.8 Å². The third-order valence-corrected chi connectivity index (χ3v) is 3.32. The fraction of sp³-hybridized carbons (Fsp3) is 0.462. The lowest BCUT2D eigenvalue weighted by Crippen LogP contribution is -2.30. The largest absolute Gasteiger partial charge is 0.409 e. The van der Waals surface area contributed by atoms with Gasteiger partial charge in [-0.3, -0.25) is 4.90 Å². The molecule has 3 N–H and O–H groups in total. The Morgan fingerprint density at radius 3 is 2.61 bits per heavy atom. The predicted octanol–water partition coefficient (Wildman–Crippen LogP) is 2.66. The maximum Gasteiger partial charge on any atom is 0.170 e. The fourth-order valence-electron chi connectivity index (χ4n) is 1.77. The molecule has 1 rings (SSSR count). The van der Waals surface area contributed by atoms with Crippen LogP contribution in [0.3, 0.4) is 0 Å². The van der Waals surface area contributed by atoms with Crippen molar-refractivity contribution in [2.45, 2.75) is 33.4 Å². The third kappa shape index (κ3) is 3.62. The molecule has 1 aromatic carbocycles. The summed E-state index contributed by atoms with van der Waals surface area (Å²) in [5.74, 6) is 0.0691. The van der Waals surface area contributed by atoms with Crippen LogP contribution in [0, 0.1) is 0 Å². The van der Waals surface area contributed by atoms with Crippen LogP contribution in [0.4, 0.5) is 0 Å². The van der Waals surface area contributed by atoms with Gasteiger partial charge < -0.3 is 10.9 Å². The van der Waals surface area contributed by atoms with E-state index < -0.39 is 0 Å². The number of amidine groups is 1. The average Bonchev–Trinajstić information content (AvgIpc) is 2.35. The Morgan fingerprint density at radius 2 is 2.17 bits per heavy atom. The number of rotatable bonds is 5. The molecule has 0 aliphatic rings. The van der Waals surface area contributed by atoms with Crippen LogP contribution in [0.15, 0.2) is 23.4 Å². The van der Waals surface area contributed by atoms with E-state index in [-0.39, 0.29) is 5.84 Å². The topological polar surface area (TPSA) is 61.8 Å². The van der Waals surface area contributed by atoms with Crippen molar-refractivity contribution in [1.82, 2.24) is 4.90 Å². The molecule has 5 heteroatoms. The van der Waals surface area contributed by atoms with Crippen LogP contribution in [0.5, 0.6) is 0 Å². The molecule has 0 spiro atoms. The summed E-state index contributed by atoms with van der Waals surface area (Å²) in [5.41, 5.74) is 7.19. The second-order valence-electron chi connectivity index (χ2n) is 4.45. The summed E-state index contributed by atoms with van der Waals surface area (Å²) < 4.78 is 0. The minimum Gasteiger partial charge on any atom is -0.409 e. The molecule has 4 nitrogen and oxygen atoms in total. The summed E-state index contributed by atoms with van der Waals surface area (Å²) in [6.07, 6.45) is 0. The van der Waals surface area contributed by atoms with Crippen molar-refractivity contribution < 1.29 is 5.21 Å². The number of benzene rings is 1. The zero-order chi connectivity index (χ0) is 13.7. The maximum atomic E-state index is 8.62. The summed E-state index contributed by atoms with van der Waals surface area (Å²) in [7, 11) is 0. The molecular formula is C13H20ClN3O. The van der Waals surface area contributed by atoms with Crippen LogP contribution in [-0.2, 0) is 6.54 Å². The Labute approximate surface area is 113 Å². The minimum absolute atomic E-state index is 0.0691. The van der Waals surface area contributed by atoms with Crippen molar-refractivity contribution >= 4 is 17.4 Å². The third-order valence-electron chi connectivity index (χ3n) is 2.97. The first-order chi connectivity index (χ1) is 8.49. The van der Waals surface area contributed by atoms with Crippen LogP contribution in [0.1, 0.15) is 31.9 Å². The van der Waals surface area contributed by atoms with E-state index in [0.717, 1.165) is 18.7 Å². The highest BCUT2D eigenvalue weighted by Crippen LogP contribution is 2.20. The highest BCUT2D eigenvalue weighted by atomic mass is 35.5. The van der Waals surface area contributed by atoms with Gasteiger partial charge in [-0.25, -0.2) is 0 Å². The molecule has 0 fully saturated rings. The highest BCUT2D eigenvalue weighted by molar-refractivity contribution is 6.31. The number of halogens is 1. The zero-order valence-corrected chi connectivity index (χ0v) is 11.8. The molecular weight excluding hydrogens is 250 g/mol. The number of hydrogen-bond acceptors (Lipinski definition) is 3. The van der Waals surface area contributed by atoms with Crippen molar-refractivity contribution in [1.29, 1.82) is 0 Å². The molecule has 0 bridgehead atoms. The van der Waals surface area contributed by atoms with Gasteiger partial charge in [0, 0.05) is 23.2 Å². The van der Waals surface area contributed by atoms with E-state index in [1.165, 1.54) is 0 Å². The number of nitrogens with zero attached hydrogens (tertiary/aromatic N) is 2. The van der Waals surface area contributed by atoms with Gasteiger partial charge in [-0.05, 0) is 32.0 Å². The molecule has 0 unspecified atom stereocenters. The van der Waals surface area contributed by atoms with Gasteiger partial charge in [-0.2, -0.15) is 0 Å². The summed E-state index contributed by atoms with van der Waals surface area (Å²) in [6, 6.07) is 5.92. The number of oxime groups is 1. The fourth-order valence-corrected chi connectivity index (χ4v) is 2.01. The first kappa shape index (κ1) is 14.8. The van der Waals surface area contributed by atoms with Crippen LogP contribution < -0.4 is 5.73 Å². The van der Waals surface area contributed by atoms with Crippen molar-refractivity contribution in [3.63, 3.8) is 0 Å². The van der Waals surface area contributed by atoms with Gasteiger partial charge in [-0.1, -0.05) is 35.8 Å². The Hall–Kier alpha value is -1.26. The molecule has 0 saturated heterocycles. The summed E-state index contributed by atoms with van der Waals surface area (Å²) in [6.45, 7) is 8.20. The summed E-state index contributed by atoms with van der Waals surface area (Å²) in [4.78, 5) is 2.31. The lowest BCUT2D eigenvalue weighted by Gasteiger charge is -2.25. The van der Waals surface area contributed by atoms with E-state index in [0.29, 0.717) is 16.6 Å². The van der Waals surface area contributed by atoms with E-state index in [1.807, 2.05) is 12.1 Å². The molecule has 0 saturated carbocycles. The molecule has 0 amide bonds. The van der Waals surface area contributed by atoms with E-state index >= 15 is 0 Å². The second kappa shape index (κ2) is 6.61. The van der Waals surface area contributed by atoms with Crippen LogP contribution >= 0.6 is 11.6 Å². The minimum atomic E-state index is 0.0691. The Balaban J connectivity index is 2.92. The number of nitrogens with two attached hydrogens (primary N) is 1. The lowest BCUT2D eigenvalue weighted by molar-refractivity contribution is 0.225.